The Morgan fingerprint density at radius 3 is 2.62 bits per heavy atom. The number of benzene rings is 1. The lowest BCUT2D eigenvalue weighted by Crippen LogP contribution is -2.27. The lowest BCUT2D eigenvalue weighted by atomic mass is 10.3. The highest BCUT2D eigenvalue weighted by atomic mass is 32.2. The maximum atomic E-state index is 12.9. The van der Waals surface area contributed by atoms with Gasteiger partial charge >= 0.3 is 0 Å². The van der Waals surface area contributed by atoms with E-state index in [-0.39, 0.29) is 4.90 Å². The highest BCUT2D eigenvalue weighted by Crippen LogP contribution is 2.15. The summed E-state index contributed by atoms with van der Waals surface area (Å²) in [5.41, 5.74) is 0. The van der Waals surface area contributed by atoms with E-state index in [1.165, 1.54) is 29.6 Å². The topological polar surface area (TPSA) is 37.4 Å². The molecule has 0 aromatic heterocycles. The van der Waals surface area contributed by atoms with Crippen LogP contribution in [0.1, 0.15) is 19.8 Å². The molecule has 0 aliphatic heterocycles. The molecule has 0 saturated carbocycles. The Morgan fingerprint density at radius 1 is 1.38 bits per heavy atom. The van der Waals surface area contributed by atoms with Gasteiger partial charge in [-0.05, 0) is 24.6 Å². The van der Waals surface area contributed by atoms with Crippen LogP contribution in [-0.4, -0.2) is 26.3 Å². The van der Waals surface area contributed by atoms with Crippen LogP contribution >= 0.6 is 0 Å². The van der Waals surface area contributed by atoms with Crippen LogP contribution in [0.5, 0.6) is 0 Å². The molecular weight excluding hydrogens is 229 g/mol. The molecule has 1 aromatic carbocycles. The molecule has 0 unspecified atom stereocenters. The third-order valence-electron chi connectivity index (χ3n) is 2.33. The number of rotatable bonds is 5. The highest BCUT2D eigenvalue weighted by Gasteiger charge is 2.20. The lowest BCUT2D eigenvalue weighted by molar-refractivity contribution is 0.458. The van der Waals surface area contributed by atoms with E-state index >= 15 is 0 Å². The summed E-state index contributed by atoms with van der Waals surface area (Å²) < 4.78 is 38.1. The Bertz CT molecular complexity index is 445. The van der Waals surface area contributed by atoms with E-state index in [2.05, 4.69) is 0 Å². The van der Waals surface area contributed by atoms with E-state index in [1.54, 1.807) is 0 Å². The molecule has 0 heterocycles. The van der Waals surface area contributed by atoms with Gasteiger partial charge in [0, 0.05) is 13.6 Å². The predicted molar refractivity (Wildman–Crippen MR) is 61.1 cm³/mol. The molecule has 0 saturated heterocycles. The van der Waals surface area contributed by atoms with Crippen LogP contribution in [0.15, 0.2) is 29.2 Å². The molecule has 0 fully saturated rings. The average molecular weight is 245 g/mol. The molecule has 0 aliphatic rings. The first-order chi connectivity index (χ1) is 7.48. The number of halogens is 1. The third kappa shape index (κ3) is 3.02. The van der Waals surface area contributed by atoms with E-state index in [9.17, 15) is 12.8 Å². The highest BCUT2D eigenvalue weighted by molar-refractivity contribution is 7.89. The molecule has 0 aliphatic carbocycles. The van der Waals surface area contributed by atoms with Crippen molar-refractivity contribution in [1.29, 1.82) is 0 Å². The van der Waals surface area contributed by atoms with E-state index in [1.807, 2.05) is 6.92 Å². The van der Waals surface area contributed by atoms with Crippen molar-refractivity contribution < 1.29 is 12.8 Å². The van der Waals surface area contributed by atoms with Gasteiger partial charge < -0.3 is 0 Å². The van der Waals surface area contributed by atoms with Gasteiger partial charge in [0.2, 0.25) is 10.0 Å². The van der Waals surface area contributed by atoms with Crippen LogP contribution in [0.25, 0.3) is 0 Å². The summed E-state index contributed by atoms with van der Waals surface area (Å²) in [5.74, 6) is -0.537. The minimum Gasteiger partial charge on any atom is -0.207 e. The summed E-state index contributed by atoms with van der Waals surface area (Å²) in [7, 11) is -2.03. The zero-order chi connectivity index (χ0) is 12.2. The van der Waals surface area contributed by atoms with Gasteiger partial charge in [0.1, 0.15) is 5.82 Å². The largest absolute Gasteiger partial charge is 0.242 e. The smallest absolute Gasteiger partial charge is 0.207 e. The van der Waals surface area contributed by atoms with Crippen LogP contribution in [0, 0.1) is 5.82 Å². The molecular formula is C11H16FNO2S. The Morgan fingerprint density at radius 2 is 2.06 bits per heavy atom. The molecule has 90 valence electrons. The van der Waals surface area contributed by atoms with Crippen molar-refractivity contribution in [3.63, 3.8) is 0 Å². The summed E-state index contributed by atoms with van der Waals surface area (Å²) in [6.07, 6.45) is 1.72. The van der Waals surface area contributed by atoms with Crippen molar-refractivity contribution in [3.05, 3.63) is 30.1 Å². The predicted octanol–water partition coefficient (Wildman–Crippen LogP) is 2.25. The fourth-order valence-electron chi connectivity index (χ4n) is 1.31. The van der Waals surface area contributed by atoms with Crippen LogP contribution in [0.4, 0.5) is 4.39 Å². The summed E-state index contributed by atoms with van der Waals surface area (Å²) in [6, 6.07) is 5.07. The first kappa shape index (κ1) is 13.1. The maximum Gasteiger partial charge on any atom is 0.242 e. The van der Waals surface area contributed by atoms with Gasteiger partial charge in [-0.1, -0.05) is 19.4 Å². The number of nitrogens with zero attached hydrogens (tertiary/aromatic N) is 1. The van der Waals surface area contributed by atoms with Gasteiger partial charge in [0.05, 0.1) is 4.90 Å². The molecule has 3 nitrogen and oxygen atoms in total. The molecule has 0 atom stereocenters. The molecule has 0 spiro atoms. The molecule has 5 heteroatoms. The van der Waals surface area contributed by atoms with Gasteiger partial charge in [0.25, 0.3) is 0 Å². The van der Waals surface area contributed by atoms with E-state index in [0.717, 1.165) is 18.9 Å². The van der Waals surface area contributed by atoms with Crippen molar-refractivity contribution in [1.82, 2.24) is 4.31 Å². The monoisotopic (exact) mass is 245 g/mol. The van der Waals surface area contributed by atoms with E-state index in [0.29, 0.717) is 6.54 Å². The van der Waals surface area contributed by atoms with Crippen LogP contribution in [-0.2, 0) is 10.0 Å². The van der Waals surface area contributed by atoms with E-state index < -0.39 is 15.8 Å². The van der Waals surface area contributed by atoms with Gasteiger partial charge in [-0.25, -0.2) is 17.1 Å². The Hall–Kier alpha value is -0.940. The second-order valence-electron chi connectivity index (χ2n) is 3.64. The molecule has 1 rings (SSSR count). The van der Waals surface area contributed by atoms with Crippen LogP contribution in [0.3, 0.4) is 0 Å². The van der Waals surface area contributed by atoms with E-state index in [4.69, 9.17) is 0 Å². The van der Waals surface area contributed by atoms with Crippen LogP contribution < -0.4 is 0 Å². The fourth-order valence-corrected chi connectivity index (χ4v) is 2.55. The third-order valence-corrected chi connectivity index (χ3v) is 4.18. The van der Waals surface area contributed by atoms with Crippen molar-refractivity contribution in [3.8, 4) is 0 Å². The minimum absolute atomic E-state index is 0.00565. The summed E-state index contributed by atoms with van der Waals surface area (Å²) in [6.45, 7) is 2.44. The molecule has 1 aromatic rings. The second kappa shape index (κ2) is 5.41. The summed E-state index contributed by atoms with van der Waals surface area (Å²) >= 11 is 0. The molecule has 0 radical (unpaired) electrons. The number of hydrogen-bond acceptors (Lipinski definition) is 2. The minimum atomic E-state index is -3.54. The Kier molecular flexibility index (Phi) is 4.44. The lowest BCUT2D eigenvalue weighted by Gasteiger charge is -2.16. The SMILES string of the molecule is CCCCN(C)S(=O)(=O)c1cccc(F)c1. The number of hydrogen-bond donors (Lipinski definition) is 0. The molecule has 0 amide bonds. The molecule has 16 heavy (non-hydrogen) atoms. The second-order valence-corrected chi connectivity index (χ2v) is 5.68. The van der Waals surface area contributed by atoms with Gasteiger partial charge in [-0.2, -0.15) is 0 Å². The molecule has 0 bridgehead atoms. The van der Waals surface area contributed by atoms with Crippen molar-refractivity contribution in [2.45, 2.75) is 24.7 Å². The van der Waals surface area contributed by atoms with Crippen molar-refractivity contribution in [2.75, 3.05) is 13.6 Å². The number of sulfonamides is 1. The normalized spacial score (nSPS) is 12.0. The first-order valence-electron chi connectivity index (χ1n) is 5.20. The summed E-state index contributed by atoms with van der Waals surface area (Å²) in [4.78, 5) is 0.00565. The standard InChI is InChI=1S/C11H16FNO2S/c1-3-4-8-13(2)16(14,15)11-7-5-6-10(12)9-11/h5-7,9H,3-4,8H2,1-2H3. The fraction of sp³-hybridized carbons (Fsp3) is 0.455. The van der Waals surface area contributed by atoms with Crippen molar-refractivity contribution >= 4 is 10.0 Å². The Balaban J connectivity index is 2.93. The maximum absolute atomic E-state index is 12.9. The summed E-state index contributed by atoms with van der Waals surface area (Å²) in [5, 5.41) is 0. The van der Waals surface area contributed by atoms with Gasteiger partial charge in [-0.15, -0.1) is 0 Å². The molecule has 0 N–H and O–H groups in total. The quantitative estimate of drug-likeness (QED) is 0.798. The van der Waals surface area contributed by atoms with Crippen LogP contribution in [0.2, 0.25) is 0 Å². The Labute approximate surface area is 95.9 Å². The zero-order valence-corrected chi connectivity index (χ0v) is 10.3. The average Bonchev–Trinajstić information content (AvgIpc) is 2.25. The van der Waals surface area contributed by atoms with Gasteiger partial charge in [0.15, 0.2) is 0 Å². The van der Waals surface area contributed by atoms with Crippen molar-refractivity contribution in [2.24, 2.45) is 0 Å². The van der Waals surface area contributed by atoms with Gasteiger partial charge in [-0.3, -0.25) is 0 Å². The first-order valence-corrected chi connectivity index (χ1v) is 6.64. The zero-order valence-electron chi connectivity index (χ0n) is 9.48. The number of unbranched alkanes of at least 4 members (excludes halogenated alkanes) is 1.